The number of thiophene rings is 1. The zero-order valence-electron chi connectivity index (χ0n) is 13.3. The fourth-order valence-corrected chi connectivity index (χ4v) is 4.88. The van der Waals surface area contributed by atoms with Crippen molar-refractivity contribution in [3.8, 4) is 27.6 Å². The zero-order valence-corrected chi connectivity index (χ0v) is 15.7. The van der Waals surface area contributed by atoms with Crippen molar-refractivity contribution < 1.29 is 17.9 Å². The van der Waals surface area contributed by atoms with Crippen molar-refractivity contribution in [3.05, 3.63) is 40.6 Å². The van der Waals surface area contributed by atoms with E-state index in [1.54, 1.807) is 11.8 Å². The first-order chi connectivity index (χ1) is 12.3. The quantitative estimate of drug-likeness (QED) is 0.330. The molecule has 0 radical (unpaired) electrons. The molecule has 10 heteroatoms. The van der Waals surface area contributed by atoms with E-state index in [9.17, 15) is 13.2 Å². The lowest BCUT2D eigenvalue weighted by molar-refractivity contribution is -0.274. The second-order valence-electron chi connectivity index (χ2n) is 5.04. The summed E-state index contributed by atoms with van der Waals surface area (Å²) in [5.41, 5.74) is 7.81. The number of nitrogens with one attached hydrogen (secondary N) is 1. The molecule has 0 unspecified atom stereocenters. The predicted octanol–water partition coefficient (Wildman–Crippen LogP) is 5.44. The van der Waals surface area contributed by atoms with Crippen molar-refractivity contribution in [1.29, 1.82) is 5.41 Å². The number of thioether (sulfide) groups is 1. The van der Waals surface area contributed by atoms with Crippen molar-refractivity contribution in [2.45, 2.75) is 10.6 Å². The molecule has 0 aliphatic rings. The van der Waals surface area contributed by atoms with Gasteiger partial charge in [-0.2, -0.15) is 0 Å². The average molecular weight is 415 g/mol. The maximum atomic E-state index is 12.2. The molecule has 0 fully saturated rings. The van der Waals surface area contributed by atoms with Crippen LogP contribution in [0.25, 0.3) is 21.8 Å². The Morgan fingerprint density at radius 1 is 1.27 bits per heavy atom. The van der Waals surface area contributed by atoms with Gasteiger partial charge in [-0.05, 0) is 36.6 Å². The van der Waals surface area contributed by atoms with E-state index in [0.717, 1.165) is 14.8 Å². The van der Waals surface area contributed by atoms with Gasteiger partial charge in [-0.25, -0.2) is 4.98 Å². The van der Waals surface area contributed by atoms with E-state index in [4.69, 9.17) is 11.1 Å². The van der Waals surface area contributed by atoms with Crippen LogP contribution in [0.2, 0.25) is 0 Å². The standard InChI is InChI=1S/C16H12F3N3OS3/c1-24-15-10(6-12(26-15)13(20)21)14-22-11(7-25-14)8-2-4-9(5-3-8)23-16(17,18)19/h2-7H,1H3,(H3,20,21). The summed E-state index contributed by atoms with van der Waals surface area (Å²) < 4.78 is 41.6. The minimum Gasteiger partial charge on any atom is -0.406 e. The summed E-state index contributed by atoms with van der Waals surface area (Å²) in [5.74, 6) is -0.265. The minimum absolute atomic E-state index is 0.00795. The molecule has 3 rings (SSSR count). The molecule has 0 saturated carbocycles. The Hall–Kier alpha value is -2.04. The molecule has 0 aliphatic carbocycles. The molecule has 0 amide bonds. The molecular weight excluding hydrogens is 403 g/mol. The minimum atomic E-state index is -4.71. The lowest BCUT2D eigenvalue weighted by atomic mass is 10.2. The van der Waals surface area contributed by atoms with Gasteiger partial charge in [-0.1, -0.05) is 0 Å². The van der Waals surface area contributed by atoms with Gasteiger partial charge in [0.15, 0.2) is 0 Å². The third-order valence-electron chi connectivity index (χ3n) is 3.27. The maximum absolute atomic E-state index is 12.2. The van der Waals surface area contributed by atoms with Crippen molar-refractivity contribution in [2.75, 3.05) is 6.26 Å². The van der Waals surface area contributed by atoms with Crippen LogP contribution in [0.1, 0.15) is 4.88 Å². The van der Waals surface area contributed by atoms with E-state index < -0.39 is 6.36 Å². The summed E-state index contributed by atoms with van der Waals surface area (Å²) in [6.07, 6.45) is -2.77. The number of nitrogen functional groups attached to an aromatic ring is 1. The van der Waals surface area contributed by atoms with Crippen LogP contribution in [-0.2, 0) is 0 Å². The number of amidine groups is 1. The molecule has 3 N–H and O–H groups in total. The molecule has 0 saturated heterocycles. The van der Waals surface area contributed by atoms with Crippen molar-refractivity contribution in [1.82, 2.24) is 4.98 Å². The summed E-state index contributed by atoms with van der Waals surface area (Å²) >= 11 is 4.41. The number of alkyl halides is 3. The predicted molar refractivity (Wildman–Crippen MR) is 100 cm³/mol. The number of halogens is 3. The van der Waals surface area contributed by atoms with Crippen LogP contribution in [0.4, 0.5) is 13.2 Å². The summed E-state index contributed by atoms with van der Waals surface area (Å²) in [7, 11) is 0. The van der Waals surface area contributed by atoms with Gasteiger partial charge in [0.2, 0.25) is 0 Å². The first-order valence-electron chi connectivity index (χ1n) is 7.11. The van der Waals surface area contributed by atoms with Crippen LogP contribution < -0.4 is 10.5 Å². The molecular formula is C16H12F3N3OS3. The molecule has 2 heterocycles. The van der Waals surface area contributed by atoms with Gasteiger partial charge in [-0.3, -0.25) is 5.41 Å². The first-order valence-corrected chi connectivity index (χ1v) is 10.0. The molecule has 3 aromatic rings. The Kier molecular flexibility index (Phi) is 5.26. The van der Waals surface area contributed by atoms with Gasteiger partial charge < -0.3 is 10.5 Å². The molecule has 1 aromatic carbocycles. The zero-order chi connectivity index (χ0) is 18.9. The molecule has 26 heavy (non-hydrogen) atoms. The molecule has 136 valence electrons. The third-order valence-corrected chi connectivity index (χ3v) is 6.45. The van der Waals surface area contributed by atoms with E-state index in [1.807, 2.05) is 17.7 Å². The highest BCUT2D eigenvalue weighted by Crippen LogP contribution is 2.40. The lowest BCUT2D eigenvalue weighted by Crippen LogP contribution is -2.16. The van der Waals surface area contributed by atoms with Gasteiger partial charge >= 0.3 is 6.36 Å². The Morgan fingerprint density at radius 3 is 2.54 bits per heavy atom. The number of ether oxygens (including phenoxy) is 1. The number of nitrogens with two attached hydrogens (primary N) is 1. The van der Waals surface area contributed by atoms with Gasteiger partial charge in [0.25, 0.3) is 0 Å². The molecule has 0 atom stereocenters. The van der Waals surface area contributed by atoms with E-state index >= 15 is 0 Å². The summed E-state index contributed by atoms with van der Waals surface area (Å²) in [6.45, 7) is 0. The van der Waals surface area contributed by atoms with Crippen molar-refractivity contribution in [2.24, 2.45) is 5.73 Å². The number of benzene rings is 1. The Bertz CT molecular complexity index is 932. The number of thiazole rings is 1. The third kappa shape index (κ3) is 4.19. The smallest absolute Gasteiger partial charge is 0.406 e. The molecule has 2 aromatic heterocycles. The molecule has 0 bridgehead atoms. The highest BCUT2D eigenvalue weighted by molar-refractivity contribution is 8.00. The van der Waals surface area contributed by atoms with E-state index in [0.29, 0.717) is 16.1 Å². The van der Waals surface area contributed by atoms with Crippen LogP contribution in [-0.4, -0.2) is 23.4 Å². The fraction of sp³-hybridized carbons (Fsp3) is 0.125. The van der Waals surface area contributed by atoms with Crippen LogP contribution in [0, 0.1) is 5.41 Å². The van der Waals surface area contributed by atoms with E-state index in [-0.39, 0.29) is 11.6 Å². The van der Waals surface area contributed by atoms with Gasteiger partial charge in [0.1, 0.15) is 16.6 Å². The Balaban J connectivity index is 1.87. The number of aromatic nitrogens is 1. The number of rotatable bonds is 5. The maximum Gasteiger partial charge on any atom is 0.573 e. The topological polar surface area (TPSA) is 72.0 Å². The number of hydrogen-bond acceptors (Lipinski definition) is 6. The van der Waals surface area contributed by atoms with Crippen LogP contribution in [0.15, 0.2) is 39.9 Å². The first kappa shape index (κ1) is 18.7. The number of nitrogens with zero attached hydrogens (tertiary/aromatic N) is 1. The molecule has 0 spiro atoms. The normalized spacial score (nSPS) is 11.5. The number of hydrogen-bond donors (Lipinski definition) is 2. The molecule has 0 aliphatic heterocycles. The van der Waals surface area contributed by atoms with Crippen LogP contribution in [0.5, 0.6) is 5.75 Å². The second-order valence-corrected chi connectivity index (χ2v) is 8.02. The van der Waals surface area contributed by atoms with Gasteiger partial charge in [0.05, 0.1) is 14.8 Å². The monoisotopic (exact) mass is 415 g/mol. The van der Waals surface area contributed by atoms with E-state index in [1.165, 1.54) is 46.9 Å². The van der Waals surface area contributed by atoms with Crippen LogP contribution >= 0.6 is 34.4 Å². The summed E-state index contributed by atoms with van der Waals surface area (Å²) in [6, 6.07) is 7.41. The Labute approximate surface area is 159 Å². The fourth-order valence-electron chi connectivity index (χ4n) is 2.17. The van der Waals surface area contributed by atoms with Gasteiger partial charge in [-0.15, -0.1) is 47.6 Å². The molecule has 4 nitrogen and oxygen atoms in total. The summed E-state index contributed by atoms with van der Waals surface area (Å²) in [4.78, 5) is 5.25. The largest absolute Gasteiger partial charge is 0.573 e. The highest BCUT2D eigenvalue weighted by atomic mass is 32.2. The SMILES string of the molecule is CSc1sc(C(=N)N)cc1-c1nc(-c2ccc(OC(F)(F)F)cc2)cs1. The van der Waals surface area contributed by atoms with E-state index in [2.05, 4.69) is 9.72 Å². The Morgan fingerprint density at radius 2 is 1.96 bits per heavy atom. The van der Waals surface area contributed by atoms with Crippen LogP contribution in [0.3, 0.4) is 0 Å². The van der Waals surface area contributed by atoms with Crippen molar-refractivity contribution >= 4 is 40.3 Å². The average Bonchev–Trinajstić information content (AvgIpc) is 3.20. The highest BCUT2D eigenvalue weighted by Gasteiger charge is 2.31. The second kappa shape index (κ2) is 7.29. The summed E-state index contributed by atoms with van der Waals surface area (Å²) in [5, 5.41) is 10.2. The lowest BCUT2D eigenvalue weighted by Gasteiger charge is -2.08. The van der Waals surface area contributed by atoms with Gasteiger partial charge in [0, 0.05) is 16.5 Å². The van der Waals surface area contributed by atoms with Crippen molar-refractivity contribution in [3.63, 3.8) is 0 Å².